The van der Waals surface area contributed by atoms with Gasteiger partial charge in [0, 0.05) is 11.6 Å². The molecule has 0 heterocycles. The quantitative estimate of drug-likeness (QED) is 0.415. The average molecular weight is 404 g/mol. The molecule has 0 bridgehead atoms. The van der Waals surface area contributed by atoms with Gasteiger partial charge in [0.15, 0.2) is 5.60 Å². The minimum Gasteiger partial charge on any atom is -0.507 e. The summed E-state index contributed by atoms with van der Waals surface area (Å²) in [6.07, 6.45) is 1.29. The third-order valence-electron chi connectivity index (χ3n) is 4.46. The molecule has 3 rings (SSSR count). The molecule has 0 fully saturated rings. The van der Waals surface area contributed by atoms with Gasteiger partial charge in [-0.25, -0.2) is 5.43 Å². The van der Waals surface area contributed by atoms with E-state index in [1.165, 1.54) is 12.3 Å². The van der Waals surface area contributed by atoms with Gasteiger partial charge >= 0.3 is 0 Å². The monoisotopic (exact) mass is 404 g/mol. The topological polar surface area (TPSA) is 91.2 Å². The minimum absolute atomic E-state index is 0.0168. The van der Waals surface area contributed by atoms with Crippen molar-refractivity contribution >= 4 is 12.1 Å². The van der Waals surface area contributed by atoms with Gasteiger partial charge in [-0.15, -0.1) is 0 Å². The molecule has 1 amide bonds. The molecule has 6 heteroatoms. The Kier molecular flexibility index (Phi) is 6.49. The van der Waals surface area contributed by atoms with E-state index < -0.39 is 11.5 Å². The zero-order chi connectivity index (χ0) is 21.6. The second-order valence-corrected chi connectivity index (χ2v) is 7.03. The molecule has 30 heavy (non-hydrogen) atoms. The smallest absolute Gasteiger partial charge is 0.281 e. The summed E-state index contributed by atoms with van der Waals surface area (Å²) >= 11 is 0. The van der Waals surface area contributed by atoms with Gasteiger partial charge in [0.05, 0.1) is 12.3 Å². The molecular weight excluding hydrogens is 380 g/mol. The Bertz CT molecular complexity index is 978. The number of hydrogen-bond acceptors (Lipinski definition) is 5. The molecule has 0 aliphatic heterocycles. The molecule has 0 radical (unpaired) electrons. The van der Waals surface area contributed by atoms with Crippen molar-refractivity contribution in [2.75, 3.05) is 0 Å². The second-order valence-electron chi connectivity index (χ2n) is 7.03. The Morgan fingerprint density at radius 3 is 2.07 bits per heavy atom. The molecule has 0 spiro atoms. The SMILES string of the molecule is CC(C)Oc1ccc(/C=N\NC(=O)C(O)(c2ccccc2)c2ccccc2)c(O)c1. The number of hydrazone groups is 1. The summed E-state index contributed by atoms with van der Waals surface area (Å²) in [6.45, 7) is 3.78. The summed E-state index contributed by atoms with van der Waals surface area (Å²) < 4.78 is 5.53. The van der Waals surface area contributed by atoms with E-state index in [4.69, 9.17) is 4.74 Å². The zero-order valence-corrected chi connectivity index (χ0v) is 16.8. The van der Waals surface area contributed by atoms with Crippen LogP contribution in [0.1, 0.15) is 30.5 Å². The molecule has 154 valence electrons. The molecule has 0 aliphatic carbocycles. The normalized spacial score (nSPS) is 11.6. The van der Waals surface area contributed by atoms with Gasteiger partial charge in [-0.3, -0.25) is 4.79 Å². The minimum atomic E-state index is -1.92. The highest BCUT2D eigenvalue weighted by Gasteiger charge is 2.39. The highest BCUT2D eigenvalue weighted by Crippen LogP contribution is 2.30. The first-order valence-electron chi connectivity index (χ1n) is 9.58. The van der Waals surface area contributed by atoms with Crippen molar-refractivity contribution in [1.29, 1.82) is 0 Å². The fourth-order valence-electron chi connectivity index (χ4n) is 3.01. The predicted octanol–water partition coefficient (Wildman–Crippen LogP) is 3.57. The summed E-state index contributed by atoms with van der Waals surface area (Å²) in [5.41, 5.74) is 1.70. The third kappa shape index (κ3) is 4.67. The van der Waals surface area contributed by atoms with E-state index >= 15 is 0 Å². The lowest BCUT2D eigenvalue weighted by Crippen LogP contribution is -2.43. The summed E-state index contributed by atoms with van der Waals surface area (Å²) in [5.74, 6) is -0.214. The van der Waals surface area contributed by atoms with Crippen molar-refractivity contribution in [3.63, 3.8) is 0 Å². The van der Waals surface area contributed by atoms with Crippen molar-refractivity contribution in [2.24, 2.45) is 5.10 Å². The lowest BCUT2D eigenvalue weighted by Gasteiger charge is -2.27. The van der Waals surface area contributed by atoms with E-state index in [1.54, 1.807) is 72.8 Å². The maximum atomic E-state index is 13.0. The van der Waals surface area contributed by atoms with E-state index in [0.29, 0.717) is 22.4 Å². The molecule has 0 saturated heterocycles. The van der Waals surface area contributed by atoms with Crippen LogP contribution in [-0.2, 0) is 10.4 Å². The molecule has 0 saturated carbocycles. The first kappa shape index (κ1) is 21.1. The maximum absolute atomic E-state index is 13.0. The summed E-state index contributed by atoms with van der Waals surface area (Å²) in [5, 5.41) is 25.4. The number of carbonyl (C=O) groups is 1. The summed E-state index contributed by atoms with van der Waals surface area (Å²) in [7, 11) is 0. The Balaban J connectivity index is 1.82. The highest BCUT2D eigenvalue weighted by molar-refractivity contribution is 5.91. The Labute approximate surface area is 175 Å². The molecule has 0 atom stereocenters. The molecule has 3 N–H and O–H groups in total. The standard InChI is InChI=1S/C24H24N2O4/c1-17(2)30-21-14-13-18(22(27)15-21)16-25-26-23(28)24(29,19-9-5-3-6-10-19)20-11-7-4-8-12-20/h3-17,27,29H,1-2H3,(H,26,28)/b25-16-. The Hall–Kier alpha value is -3.64. The van der Waals surface area contributed by atoms with Crippen molar-refractivity contribution in [3.05, 3.63) is 95.6 Å². The zero-order valence-electron chi connectivity index (χ0n) is 16.8. The molecule has 0 aromatic heterocycles. The number of phenolic OH excluding ortho intramolecular Hbond substituents is 1. The molecule has 6 nitrogen and oxygen atoms in total. The van der Waals surface area contributed by atoms with E-state index in [9.17, 15) is 15.0 Å². The summed E-state index contributed by atoms with van der Waals surface area (Å²) in [4.78, 5) is 13.0. The first-order chi connectivity index (χ1) is 14.4. The van der Waals surface area contributed by atoms with Crippen LogP contribution in [0.25, 0.3) is 0 Å². The van der Waals surface area contributed by atoms with E-state index in [2.05, 4.69) is 10.5 Å². The lowest BCUT2D eigenvalue weighted by atomic mass is 9.85. The van der Waals surface area contributed by atoms with Gasteiger partial charge in [-0.2, -0.15) is 5.10 Å². The van der Waals surface area contributed by atoms with Crippen LogP contribution < -0.4 is 10.2 Å². The number of rotatable bonds is 7. The van der Waals surface area contributed by atoms with Crippen molar-refractivity contribution in [1.82, 2.24) is 5.43 Å². The summed E-state index contributed by atoms with van der Waals surface area (Å²) in [6, 6.07) is 22.1. The van der Waals surface area contributed by atoms with Gasteiger partial charge in [-0.1, -0.05) is 60.7 Å². The third-order valence-corrected chi connectivity index (χ3v) is 4.46. The average Bonchev–Trinajstić information content (AvgIpc) is 2.75. The highest BCUT2D eigenvalue weighted by atomic mass is 16.5. The fourth-order valence-corrected chi connectivity index (χ4v) is 3.01. The van der Waals surface area contributed by atoms with Crippen molar-refractivity contribution in [2.45, 2.75) is 25.6 Å². The Morgan fingerprint density at radius 1 is 1.00 bits per heavy atom. The van der Waals surface area contributed by atoms with Gasteiger partial charge in [0.2, 0.25) is 0 Å². The first-order valence-corrected chi connectivity index (χ1v) is 9.58. The van der Waals surface area contributed by atoms with Crippen LogP contribution in [0.3, 0.4) is 0 Å². The van der Waals surface area contributed by atoms with Crippen LogP contribution in [0.15, 0.2) is 84.0 Å². The lowest BCUT2D eigenvalue weighted by molar-refractivity contribution is -0.136. The van der Waals surface area contributed by atoms with E-state index in [0.717, 1.165) is 0 Å². The number of phenols is 1. The number of nitrogens with zero attached hydrogens (tertiary/aromatic N) is 1. The Morgan fingerprint density at radius 2 is 1.57 bits per heavy atom. The molecule has 3 aromatic rings. The molecular formula is C24H24N2O4. The number of hydrogen-bond donors (Lipinski definition) is 3. The van der Waals surface area contributed by atoms with Crippen LogP contribution in [0.4, 0.5) is 0 Å². The molecule has 0 unspecified atom stereocenters. The number of amides is 1. The number of nitrogens with one attached hydrogen (secondary N) is 1. The number of carbonyl (C=O) groups excluding carboxylic acids is 1. The van der Waals surface area contributed by atoms with Gasteiger partial charge in [0.25, 0.3) is 5.91 Å². The van der Waals surface area contributed by atoms with Crippen molar-refractivity contribution in [3.8, 4) is 11.5 Å². The van der Waals surface area contributed by atoms with Gasteiger partial charge in [-0.05, 0) is 37.1 Å². The van der Waals surface area contributed by atoms with Crippen molar-refractivity contribution < 1.29 is 19.7 Å². The van der Waals surface area contributed by atoms with Gasteiger partial charge in [0.1, 0.15) is 11.5 Å². The van der Waals surface area contributed by atoms with Gasteiger partial charge < -0.3 is 14.9 Å². The van der Waals surface area contributed by atoms with E-state index in [1.807, 2.05) is 13.8 Å². The number of ether oxygens (including phenoxy) is 1. The fraction of sp³-hybridized carbons (Fsp3) is 0.167. The van der Waals surface area contributed by atoms with Crippen LogP contribution in [0, 0.1) is 0 Å². The van der Waals surface area contributed by atoms with Crippen LogP contribution in [0.5, 0.6) is 11.5 Å². The van der Waals surface area contributed by atoms with Crippen LogP contribution in [0.2, 0.25) is 0 Å². The number of benzene rings is 3. The number of aromatic hydroxyl groups is 1. The molecule has 3 aromatic carbocycles. The predicted molar refractivity (Wildman–Crippen MR) is 115 cm³/mol. The molecule has 0 aliphatic rings. The van der Waals surface area contributed by atoms with Crippen LogP contribution >= 0.6 is 0 Å². The maximum Gasteiger partial charge on any atom is 0.281 e. The van der Waals surface area contributed by atoms with E-state index in [-0.39, 0.29) is 11.9 Å². The second kappa shape index (κ2) is 9.24. The number of aliphatic hydroxyl groups is 1. The largest absolute Gasteiger partial charge is 0.507 e. The van der Waals surface area contributed by atoms with Crippen LogP contribution in [-0.4, -0.2) is 28.4 Å².